The van der Waals surface area contributed by atoms with Gasteiger partial charge in [0, 0.05) is 0 Å². The van der Waals surface area contributed by atoms with Crippen molar-refractivity contribution in [3.63, 3.8) is 0 Å². The highest BCUT2D eigenvalue weighted by molar-refractivity contribution is 5.91. The summed E-state index contributed by atoms with van der Waals surface area (Å²) in [5.74, 6) is -3.64. The Bertz CT molecular complexity index is 337. The summed E-state index contributed by atoms with van der Waals surface area (Å²) in [6.07, 6.45) is -4.59. The number of carboxylic acids is 1. The van der Waals surface area contributed by atoms with Gasteiger partial charge in [-0.15, -0.1) is 0 Å². The molecule has 1 aliphatic rings. The van der Waals surface area contributed by atoms with Gasteiger partial charge in [0.05, 0.1) is 0 Å². The smallest absolute Gasteiger partial charge is 0.471 e. The molecule has 0 aromatic heterocycles. The standard InChI is InChI=1S/C9H12F3NO3/c1-7(2)3-4-8(7,6(15)16)13-5(14)9(10,11)12/h3-4H2,1-2H3,(H,13,14)(H,15,16). The lowest BCUT2D eigenvalue weighted by Gasteiger charge is -2.53. The first-order valence-corrected chi connectivity index (χ1v) is 4.66. The second-order valence-corrected chi connectivity index (χ2v) is 4.55. The molecule has 1 unspecified atom stereocenters. The molecule has 0 bridgehead atoms. The highest BCUT2D eigenvalue weighted by Gasteiger charge is 2.61. The molecule has 7 heteroatoms. The van der Waals surface area contributed by atoms with Crippen LogP contribution in [-0.4, -0.2) is 28.7 Å². The molecule has 1 atom stereocenters. The third-order valence-corrected chi connectivity index (χ3v) is 3.23. The summed E-state index contributed by atoms with van der Waals surface area (Å²) in [5.41, 5.74) is -2.68. The largest absolute Gasteiger partial charge is 0.479 e. The fourth-order valence-corrected chi connectivity index (χ4v) is 1.82. The van der Waals surface area contributed by atoms with Gasteiger partial charge in [-0.25, -0.2) is 4.79 Å². The van der Waals surface area contributed by atoms with Gasteiger partial charge >= 0.3 is 18.1 Å². The summed E-state index contributed by atoms with van der Waals surface area (Å²) in [6, 6.07) is 0. The van der Waals surface area contributed by atoms with Crippen molar-refractivity contribution < 1.29 is 27.9 Å². The van der Waals surface area contributed by atoms with Gasteiger partial charge in [-0.2, -0.15) is 13.2 Å². The second-order valence-electron chi connectivity index (χ2n) is 4.55. The number of nitrogens with one attached hydrogen (secondary N) is 1. The molecule has 4 nitrogen and oxygen atoms in total. The van der Waals surface area contributed by atoms with Gasteiger partial charge in [0.25, 0.3) is 0 Å². The summed E-state index contributed by atoms with van der Waals surface area (Å²) in [5, 5.41) is 10.5. The van der Waals surface area contributed by atoms with E-state index >= 15 is 0 Å². The normalized spacial score (nSPS) is 28.1. The molecule has 1 amide bonds. The first-order chi connectivity index (χ1) is 7.03. The Labute approximate surface area is 89.8 Å². The first-order valence-electron chi connectivity index (χ1n) is 4.66. The lowest BCUT2D eigenvalue weighted by molar-refractivity contribution is -0.185. The Kier molecular flexibility index (Phi) is 2.69. The monoisotopic (exact) mass is 239 g/mol. The highest BCUT2D eigenvalue weighted by atomic mass is 19.4. The van der Waals surface area contributed by atoms with Gasteiger partial charge in [-0.1, -0.05) is 13.8 Å². The average Bonchev–Trinajstić information content (AvgIpc) is 2.09. The van der Waals surface area contributed by atoms with Gasteiger partial charge in [-0.3, -0.25) is 4.79 Å². The summed E-state index contributed by atoms with van der Waals surface area (Å²) in [7, 11) is 0. The van der Waals surface area contributed by atoms with E-state index in [2.05, 4.69) is 0 Å². The van der Waals surface area contributed by atoms with Crippen LogP contribution in [0.15, 0.2) is 0 Å². The Balaban J connectivity index is 2.92. The van der Waals surface area contributed by atoms with E-state index in [9.17, 15) is 22.8 Å². The van der Waals surface area contributed by atoms with Crippen molar-refractivity contribution in [1.82, 2.24) is 5.32 Å². The maximum absolute atomic E-state index is 12.1. The summed E-state index contributed by atoms with van der Waals surface area (Å²) >= 11 is 0. The first kappa shape index (κ1) is 12.8. The minimum absolute atomic E-state index is 0.0111. The van der Waals surface area contributed by atoms with E-state index in [1.54, 1.807) is 5.32 Å². The maximum atomic E-state index is 12.1. The Hall–Kier alpha value is -1.27. The van der Waals surface area contributed by atoms with E-state index in [0.717, 1.165) is 0 Å². The lowest BCUT2D eigenvalue weighted by Crippen LogP contribution is -2.70. The van der Waals surface area contributed by atoms with E-state index in [4.69, 9.17) is 5.11 Å². The molecule has 0 heterocycles. The zero-order valence-corrected chi connectivity index (χ0v) is 8.81. The molecule has 1 rings (SSSR count). The van der Waals surface area contributed by atoms with Crippen molar-refractivity contribution >= 4 is 11.9 Å². The predicted octanol–water partition coefficient (Wildman–Crippen LogP) is 1.31. The van der Waals surface area contributed by atoms with Crippen LogP contribution in [0.2, 0.25) is 0 Å². The number of carbonyl (C=O) groups is 2. The minimum atomic E-state index is -5.06. The topological polar surface area (TPSA) is 66.4 Å². The Morgan fingerprint density at radius 3 is 1.94 bits per heavy atom. The van der Waals surface area contributed by atoms with Crippen LogP contribution in [-0.2, 0) is 9.59 Å². The number of carbonyl (C=O) groups excluding carboxylic acids is 1. The fourth-order valence-electron chi connectivity index (χ4n) is 1.82. The van der Waals surface area contributed by atoms with Crippen LogP contribution in [0.4, 0.5) is 13.2 Å². The number of rotatable bonds is 2. The predicted molar refractivity (Wildman–Crippen MR) is 47.6 cm³/mol. The molecule has 1 saturated carbocycles. The van der Waals surface area contributed by atoms with Gasteiger partial charge in [0.15, 0.2) is 0 Å². The van der Waals surface area contributed by atoms with Gasteiger partial charge in [0.2, 0.25) is 0 Å². The lowest BCUT2D eigenvalue weighted by atomic mass is 9.56. The van der Waals surface area contributed by atoms with Crippen molar-refractivity contribution in [3.05, 3.63) is 0 Å². The van der Waals surface area contributed by atoms with Crippen molar-refractivity contribution in [2.45, 2.75) is 38.4 Å². The highest BCUT2D eigenvalue weighted by Crippen LogP contribution is 2.49. The van der Waals surface area contributed by atoms with E-state index in [-0.39, 0.29) is 6.42 Å². The second kappa shape index (κ2) is 3.36. The fraction of sp³-hybridized carbons (Fsp3) is 0.778. The third-order valence-electron chi connectivity index (χ3n) is 3.23. The van der Waals surface area contributed by atoms with Crippen LogP contribution in [0, 0.1) is 5.41 Å². The maximum Gasteiger partial charge on any atom is 0.471 e. The van der Waals surface area contributed by atoms with Crippen molar-refractivity contribution in [2.24, 2.45) is 5.41 Å². The average molecular weight is 239 g/mol. The van der Waals surface area contributed by atoms with Crippen LogP contribution in [0.25, 0.3) is 0 Å². The minimum Gasteiger partial charge on any atom is -0.479 e. The molecule has 0 spiro atoms. The van der Waals surface area contributed by atoms with Crippen molar-refractivity contribution in [1.29, 1.82) is 0 Å². The number of aliphatic carboxylic acids is 1. The molecular formula is C9H12F3NO3. The molecular weight excluding hydrogens is 227 g/mol. The molecule has 0 saturated heterocycles. The molecule has 0 aromatic carbocycles. The number of carboxylic acid groups (broad SMARTS) is 1. The summed E-state index contributed by atoms with van der Waals surface area (Å²) in [4.78, 5) is 21.8. The zero-order chi connectivity index (χ0) is 12.8. The van der Waals surface area contributed by atoms with Gasteiger partial charge in [0.1, 0.15) is 5.54 Å². The van der Waals surface area contributed by atoms with E-state index < -0.39 is 29.0 Å². The molecule has 0 aliphatic heterocycles. The van der Waals surface area contributed by atoms with Crippen LogP contribution in [0.3, 0.4) is 0 Å². The third kappa shape index (κ3) is 1.74. The molecule has 16 heavy (non-hydrogen) atoms. The number of amides is 1. The van der Waals surface area contributed by atoms with E-state index in [1.807, 2.05) is 0 Å². The van der Waals surface area contributed by atoms with Crippen LogP contribution >= 0.6 is 0 Å². The molecule has 1 fully saturated rings. The molecule has 2 N–H and O–H groups in total. The molecule has 92 valence electrons. The molecule has 1 aliphatic carbocycles. The Morgan fingerprint density at radius 1 is 1.25 bits per heavy atom. The zero-order valence-electron chi connectivity index (χ0n) is 8.81. The van der Waals surface area contributed by atoms with Gasteiger partial charge < -0.3 is 10.4 Å². The summed E-state index contributed by atoms with van der Waals surface area (Å²) < 4.78 is 36.2. The van der Waals surface area contributed by atoms with Crippen molar-refractivity contribution in [3.8, 4) is 0 Å². The summed E-state index contributed by atoms with van der Waals surface area (Å²) in [6.45, 7) is 3.03. The number of halogens is 3. The molecule has 0 radical (unpaired) electrons. The number of alkyl halides is 3. The van der Waals surface area contributed by atoms with E-state index in [0.29, 0.717) is 6.42 Å². The molecule has 0 aromatic rings. The SMILES string of the molecule is CC1(C)CCC1(NC(=O)C(F)(F)F)C(=O)O. The van der Waals surface area contributed by atoms with E-state index in [1.165, 1.54) is 13.8 Å². The van der Waals surface area contributed by atoms with Crippen LogP contribution in [0.1, 0.15) is 26.7 Å². The van der Waals surface area contributed by atoms with Crippen LogP contribution in [0.5, 0.6) is 0 Å². The van der Waals surface area contributed by atoms with Crippen LogP contribution < -0.4 is 5.32 Å². The number of hydrogen-bond acceptors (Lipinski definition) is 2. The van der Waals surface area contributed by atoms with Gasteiger partial charge in [-0.05, 0) is 18.3 Å². The quantitative estimate of drug-likeness (QED) is 0.763. The number of hydrogen-bond donors (Lipinski definition) is 2. The Morgan fingerprint density at radius 2 is 1.75 bits per heavy atom. The van der Waals surface area contributed by atoms with Crippen molar-refractivity contribution in [2.75, 3.05) is 0 Å².